The zero-order chi connectivity index (χ0) is 16.4. The molecule has 2 heterocycles. The Bertz CT molecular complexity index is 898. The smallest absolute Gasteiger partial charge is 0.291 e. The first kappa shape index (κ1) is 15.0. The molecule has 1 aromatic carbocycles. The highest BCUT2D eigenvalue weighted by atomic mass is 19.1. The lowest BCUT2D eigenvalue weighted by atomic mass is 10.2. The third-order valence-corrected chi connectivity index (χ3v) is 3.63. The van der Waals surface area contributed by atoms with Crippen molar-refractivity contribution in [2.24, 2.45) is 0 Å². The molecule has 0 aliphatic carbocycles. The molecule has 1 unspecified atom stereocenters. The number of carbonyl (C=O) groups excluding carboxylic acids is 1. The van der Waals surface area contributed by atoms with Gasteiger partial charge in [0.25, 0.3) is 5.56 Å². The molecule has 0 aliphatic heterocycles. The van der Waals surface area contributed by atoms with Gasteiger partial charge in [0.05, 0.1) is 0 Å². The predicted octanol–water partition coefficient (Wildman–Crippen LogP) is 1.51. The van der Waals surface area contributed by atoms with Gasteiger partial charge in [-0.3, -0.25) is 9.59 Å². The Balaban J connectivity index is 1.74. The van der Waals surface area contributed by atoms with Crippen LogP contribution in [0.4, 0.5) is 4.39 Å². The molecule has 118 valence electrons. The summed E-state index contributed by atoms with van der Waals surface area (Å²) >= 11 is 0. The maximum Gasteiger partial charge on any atom is 0.291 e. The first-order valence-corrected chi connectivity index (χ1v) is 7.13. The number of nitrogens with one attached hydrogen (secondary N) is 1. The second kappa shape index (κ2) is 6.04. The van der Waals surface area contributed by atoms with Gasteiger partial charge in [0.1, 0.15) is 23.7 Å². The average Bonchev–Trinajstić information content (AvgIpc) is 3.03. The van der Waals surface area contributed by atoms with Crippen molar-refractivity contribution in [3.63, 3.8) is 0 Å². The number of hydrogen-bond acceptors (Lipinski definition) is 3. The van der Waals surface area contributed by atoms with Crippen molar-refractivity contribution in [3.8, 4) is 0 Å². The van der Waals surface area contributed by atoms with Crippen LogP contribution in [0.25, 0.3) is 5.52 Å². The number of nitrogens with zero attached hydrogens (tertiary/aromatic N) is 3. The van der Waals surface area contributed by atoms with Crippen LogP contribution in [-0.2, 0) is 11.3 Å². The fraction of sp³-hybridized carbons (Fsp3) is 0.188. The van der Waals surface area contributed by atoms with E-state index in [-0.39, 0.29) is 23.8 Å². The third-order valence-electron chi connectivity index (χ3n) is 3.63. The van der Waals surface area contributed by atoms with Crippen LogP contribution in [0.3, 0.4) is 0 Å². The van der Waals surface area contributed by atoms with Crippen LogP contribution in [0.15, 0.2) is 53.7 Å². The molecule has 3 aromatic rings. The maximum absolute atomic E-state index is 12.8. The number of fused-ring (bicyclic) bond motifs is 1. The highest BCUT2D eigenvalue weighted by molar-refractivity contribution is 5.79. The highest BCUT2D eigenvalue weighted by Gasteiger charge is 2.18. The summed E-state index contributed by atoms with van der Waals surface area (Å²) in [4.78, 5) is 24.5. The number of hydrogen-bond donors (Lipinski definition) is 1. The Labute approximate surface area is 131 Å². The van der Waals surface area contributed by atoms with Crippen molar-refractivity contribution in [2.75, 3.05) is 0 Å². The van der Waals surface area contributed by atoms with Gasteiger partial charge in [-0.25, -0.2) is 9.07 Å². The lowest BCUT2D eigenvalue weighted by molar-refractivity contribution is -0.124. The average molecular weight is 314 g/mol. The van der Waals surface area contributed by atoms with E-state index in [0.29, 0.717) is 5.52 Å². The second-order valence-corrected chi connectivity index (χ2v) is 5.20. The van der Waals surface area contributed by atoms with Crippen molar-refractivity contribution < 1.29 is 9.18 Å². The summed E-state index contributed by atoms with van der Waals surface area (Å²) in [5.41, 5.74) is 0.898. The normalized spacial score (nSPS) is 12.3. The summed E-state index contributed by atoms with van der Waals surface area (Å²) in [7, 11) is 0. The quantitative estimate of drug-likeness (QED) is 0.794. The maximum atomic E-state index is 12.8. The highest BCUT2D eigenvalue weighted by Crippen LogP contribution is 2.05. The third kappa shape index (κ3) is 2.98. The fourth-order valence-corrected chi connectivity index (χ4v) is 2.28. The Morgan fingerprint density at radius 3 is 2.78 bits per heavy atom. The molecule has 7 heteroatoms. The first-order valence-electron chi connectivity index (χ1n) is 7.13. The van der Waals surface area contributed by atoms with Crippen LogP contribution >= 0.6 is 0 Å². The Morgan fingerprint density at radius 1 is 1.30 bits per heavy atom. The standard InChI is InChI=1S/C16H15FN4O2/c1-11(15(22)18-9-12-4-6-13(17)7-5-12)21-16(23)14-3-2-8-20(14)10-19-21/h2-8,10-11H,9H2,1H3,(H,18,22). The van der Waals surface area contributed by atoms with Gasteiger partial charge in [-0.05, 0) is 36.8 Å². The predicted molar refractivity (Wildman–Crippen MR) is 82.4 cm³/mol. The SMILES string of the molecule is CC(C(=O)NCc1ccc(F)cc1)n1ncn2cccc2c1=O. The van der Waals surface area contributed by atoms with Crippen LogP contribution in [0.2, 0.25) is 0 Å². The molecule has 0 fully saturated rings. The molecule has 1 atom stereocenters. The monoisotopic (exact) mass is 314 g/mol. The Morgan fingerprint density at radius 2 is 2.04 bits per heavy atom. The largest absolute Gasteiger partial charge is 0.350 e. The van der Waals surface area contributed by atoms with Crippen molar-refractivity contribution in [3.05, 3.63) is 70.7 Å². The van der Waals surface area contributed by atoms with E-state index in [9.17, 15) is 14.0 Å². The second-order valence-electron chi connectivity index (χ2n) is 5.20. The molecule has 0 saturated heterocycles. The minimum Gasteiger partial charge on any atom is -0.350 e. The van der Waals surface area contributed by atoms with E-state index in [2.05, 4.69) is 10.4 Å². The molecule has 1 amide bonds. The minimum atomic E-state index is -0.747. The molecule has 0 aliphatic rings. The van der Waals surface area contributed by atoms with Gasteiger partial charge < -0.3 is 9.72 Å². The van der Waals surface area contributed by atoms with Crippen molar-refractivity contribution in [1.82, 2.24) is 19.5 Å². The van der Waals surface area contributed by atoms with Crippen LogP contribution in [-0.4, -0.2) is 20.1 Å². The van der Waals surface area contributed by atoms with Gasteiger partial charge in [0.2, 0.25) is 5.91 Å². The lowest BCUT2D eigenvalue weighted by Gasteiger charge is -2.14. The summed E-state index contributed by atoms with van der Waals surface area (Å²) in [5, 5.41) is 6.74. The topological polar surface area (TPSA) is 68.4 Å². The van der Waals surface area contributed by atoms with Gasteiger partial charge in [-0.2, -0.15) is 5.10 Å². The van der Waals surface area contributed by atoms with Gasteiger partial charge in [0, 0.05) is 12.7 Å². The molecular weight excluding hydrogens is 299 g/mol. The van der Waals surface area contributed by atoms with E-state index in [4.69, 9.17) is 0 Å². The molecule has 2 aromatic heterocycles. The van der Waals surface area contributed by atoms with Gasteiger partial charge >= 0.3 is 0 Å². The number of rotatable bonds is 4. The Hall–Kier alpha value is -2.96. The molecule has 0 bridgehead atoms. The summed E-state index contributed by atoms with van der Waals surface area (Å²) < 4.78 is 15.6. The molecule has 6 nitrogen and oxygen atoms in total. The number of aromatic nitrogens is 3. The molecule has 23 heavy (non-hydrogen) atoms. The summed E-state index contributed by atoms with van der Waals surface area (Å²) in [6.07, 6.45) is 3.20. The zero-order valence-corrected chi connectivity index (χ0v) is 12.4. The van der Waals surface area contributed by atoms with Crippen LogP contribution in [0.1, 0.15) is 18.5 Å². The van der Waals surface area contributed by atoms with E-state index in [1.165, 1.54) is 18.5 Å². The number of amides is 1. The van der Waals surface area contributed by atoms with E-state index in [0.717, 1.165) is 10.2 Å². The number of carbonyl (C=O) groups is 1. The lowest BCUT2D eigenvalue weighted by Crippen LogP contribution is -2.37. The van der Waals surface area contributed by atoms with E-state index < -0.39 is 6.04 Å². The summed E-state index contributed by atoms with van der Waals surface area (Å²) in [6, 6.07) is 8.51. The van der Waals surface area contributed by atoms with E-state index >= 15 is 0 Å². The van der Waals surface area contributed by atoms with E-state index in [1.807, 2.05) is 0 Å². The van der Waals surface area contributed by atoms with Crippen molar-refractivity contribution in [2.45, 2.75) is 19.5 Å². The van der Waals surface area contributed by atoms with Gasteiger partial charge in [-0.15, -0.1) is 0 Å². The Kier molecular flexibility index (Phi) is 3.92. The van der Waals surface area contributed by atoms with Crippen molar-refractivity contribution >= 4 is 11.4 Å². The zero-order valence-electron chi connectivity index (χ0n) is 12.4. The molecule has 3 rings (SSSR count). The fourth-order valence-electron chi connectivity index (χ4n) is 2.28. The van der Waals surface area contributed by atoms with E-state index in [1.54, 1.807) is 41.8 Å². The van der Waals surface area contributed by atoms with Crippen molar-refractivity contribution in [1.29, 1.82) is 0 Å². The number of halogens is 1. The van der Waals surface area contributed by atoms with Gasteiger partial charge in [-0.1, -0.05) is 12.1 Å². The first-order chi connectivity index (χ1) is 11.1. The molecule has 0 saturated carbocycles. The summed E-state index contributed by atoms with van der Waals surface area (Å²) in [5.74, 6) is -0.662. The minimum absolute atomic E-state index is 0.256. The molecule has 1 N–H and O–H groups in total. The van der Waals surface area contributed by atoms with Gasteiger partial charge in [0.15, 0.2) is 0 Å². The number of benzene rings is 1. The molecular formula is C16H15FN4O2. The van der Waals surface area contributed by atoms with Crippen LogP contribution in [0.5, 0.6) is 0 Å². The molecule has 0 radical (unpaired) electrons. The molecule has 0 spiro atoms. The van der Waals surface area contributed by atoms with Crippen LogP contribution < -0.4 is 10.9 Å². The summed E-state index contributed by atoms with van der Waals surface area (Å²) in [6.45, 7) is 1.86. The van der Waals surface area contributed by atoms with Crippen LogP contribution in [0, 0.1) is 5.82 Å².